The van der Waals surface area contributed by atoms with Gasteiger partial charge in [-0.2, -0.15) is 0 Å². The molecule has 1 N–H and O–H groups in total. The Morgan fingerprint density at radius 3 is 2.25 bits per heavy atom. The molecule has 0 aromatic heterocycles. The molecule has 2 rings (SSSR count). The summed E-state index contributed by atoms with van der Waals surface area (Å²) in [5, 5.41) is 3.10. The summed E-state index contributed by atoms with van der Waals surface area (Å²) >= 11 is 0. The zero-order chi connectivity index (χ0) is 11.5. The van der Waals surface area contributed by atoms with E-state index in [0.717, 1.165) is 25.9 Å². The summed E-state index contributed by atoms with van der Waals surface area (Å²) in [6.07, 6.45) is 1.47. The fraction of sp³-hybridized carbons (Fsp3) is 0.818. The molecule has 2 heterocycles. The van der Waals surface area contributed by atoms with E-state index in [2.05, 4.69) is 5.32 Å². The zero-order valence-electron chi connectivity index (χ0n) is 9.57. The second-order valence-corrected chi connectivity index (χ2v) is 4.48. The highest BCUT2D eigenvalue weighted by molar-refractivity contribution is 5.80. The van der Waals surface area contributed by atoms with Gasteiger partial charge in [-0.25, -0.2) is 0 Å². The van der Waals surface area contributed by atoms with Crippen molar-refractivity contribution in [2.45, 2.75) is 12.8 Å². The van der Waals surface area contributed by atoms with E-state index in [9.17, 15) is 9.59 Å². The molecule has 0 unspecified atom stereocenters. The van der Waals surface area contributed by atoms with E-state index in [4.69, 9.17) is 4.74 Å². The Labute approximate surface area is 95.1 Å². The van der Waals surface area contributed by atoms with Crippen LogP contribution in [0.2, 0.25) is 0 Å². The Bertz CT molecular complexity index is 281. The monoisotopic (exact) mass is 226 g/mol. The molecule has 90 valence electrons. The molecule has 0 saturated carbocycles. The first-order valence-corrected chi connectivity index (χ1v) is 5.79. The van der Waals surface area contributed by atoms with E-state index in [1.54, 1.807) is 0 Å². The highest BCUT2D eigenvalue weighted by atomic mass is 16.5. The van der Waals surface area contributed by atoms with Gasteiger partial charge in [0.05, 0.1) is 18.9 Å². The molecule has 5 nitrogen and oxygen atoms in total. The van der Waals surface area contributed by atoms with Crippen LogP contribution >= 0.6 is 0 Å². The number of carbonyl (C=O) groups excluding carboxylic acids is 2. The summed E-state index contributed by atoms with van der Waals surface area (Å²) in [5.41, 5.74) is 0. The summed E-state index contributed by atoms with van der Waals surface area (Å²) in [7, 11) is 1.42. The molecule has 2 fully saturated rings. The number of nitrogens with one attached hydrogen (secondary N) is 1. The molecule has 2 aliphatic heterocycles. The van der Waals surface area contributed by atoms with Gasteiger partial charge >= 0.3 is 5.97 Å². The molecule has 0 aromatic carbocycles. The number of rotatable bonds is 2. The van der Waals surface area contributed by atoms with Crippen LogP contribution in [0.25, 0.3) is 0 Å². The van der Waals surface area contributed by atoms with Crippen molar-refractivity contribution < 1.29 is 14.3 Å². The first-order valence-electron chi connectivity index (χ1n) is 5.79. The summed E-state index contributed by atoms with van der Waals surface area (Å²) < 4.78 is 4.71. The Hall–Kier alpha value is -1.10. The third-order valence-electron chi connectivity index (χ3n) is 3.47. The summed E-state index contributed by atoms with van der Waals surface area (Å²) in [6, 6.07) is 0. The second kappa shape index (κ2) is 4.82. The highest BCUT2D eigenvalue weighted by Crippen LogP contribution is 2.20. The average molecular weight is 226 g/mol. The normalized spacial score (nSPS) is 22.7. The van der Waals surface area contributed by atoms with Gasteiger partial charge in [0.1, 0.15) is 0 Å². The summed E-state index contributed by atoms with van der Waals surface area (Å²) in [4.78, 5) is 25.1. The molecule has 0 bridgehead atoms. The molecular weight excluding hydrogens is 208 g/mol. The second-order valence-electron chi connectivity index (χ2n) is 4.48. The molecule has 2 saturated heterocycles. The SMILES string of the molecule is COC(=O)C1CCN(C(=O)C2CNC2)CC1. The Balaban J connectivity index is 1.80. The number of nitrogens with zero attached hydrogens (tertiary/aromatic N) is 1. The summed E-state index contributed by atoms with van der Waals surface area (Å²) in [5.74, 6) is 0.239. The van der Waals surface area contributed by atoms with Crippen LogP contribution in [-0.2, 0) is 14.3 Å². The average Bonchev–Trinajstić information content (AvgIpc) is 2.26. The molecule has 0 spiro atoms. The van der Waals surface area contributed by atoms with E-state index in [-0.39, 0.29) is 23.7 Å². The molecule has 2 aliphatic rings. The van der Waals surface area contributed by atoms with Gasteiger partial charge < -0.3 is 15.0 Å². The van der Waals surface area contributed by atoms with Gasteiger partial charge in [0.2, 0.25) is 5.91 Å². The fourth-order valence-electron chi connectivity index (χ4n) is 2.22. The van der Waals surface area contributed by atoms with Crippen molar-refractivity contribution in [1.29, 1.82) is 0 Å². The third-order valence-corrected chi connectivity index (χ3v) is 3.47. The van der Waals surface area contributed by atoms with E-state index in [0.29, 0.717) is 13.1 Å². The van der Waals surface area contributed by atoms with Gasteiger partial charge in [-0.3, -0.25) is 9.59 Å². The van der Waals surface area contributed by atoms with Crippen LogP contribution in [0.5, 0.6) is 0 Å². The number of amides is 1. The maximum Gasteiger partial charge on any atom is 0.308 e. The standard InChI is InChI=1S/C11H18N2O3/c1-16-11(15)8-2-4-13(5-3-8)10(14)9-6-12-7-9/h8-9,12H,2-7H2,1H3. The van der Waals surface area contributed by atoms with Gasteiger partial charge in [-0.05, 0) is 12.8 Å². The quantitative estimate of drug-likeness (QED) is 0.652. The number of hydrogen-bond acceptors (Lipinski definition) is 4. The van der Waals surface area contributed by atoms with Crippen molar-refractivity contribution in [2.75, 3.05) is 33.3 Å². The van der Waals surface area contributed by atoms with E-state index in [1.165, 1.54) is 7.11 Å². The van der Waals surface area contributed by atoms with Crippen LogP contribution in [0, 0.1) is 11.8 Å². The van der Waals surface area contributed by atoms with Gasteiger partial charge in [0.25, 0.3) is 0 Å². The van der Waals surface area contributed by atoms with Crippen molar-refractivity contribution >= 4 is 11.9 Å². The first kappa shape index (κ1) is 11.4. The van der Waals surface area contributed by atoms with Crippen LogP contribution in [0.3, 0.4) is 0 Å². The van der Waals surface area contributed by atoms with E-state index < -0.39 is 0 Å². The number of likely N-dealkylation sites (tertiary alicyclic amines) is 1. The number of hydrogen-bond donors (Lipinski definition) is 1. The molecule has 16 heavy (non-hydrogen) atoms. The molecule has 1 amide bonds. The third kappa shape index (κ3) is 2.19. The topological polar surface area (TPSA) is 58.6 Å². The van der Waals surface area contributed by atoms with Crippen LogP contribution in [0.1, 0.15) is 12.8 Å². The van der Waals surface area contributed by atoms with Gasteiger partial charge in [-0.1, -0.05) is 0 Å². The largest absolute Gasteiger partial charge is 0.469 e. The lowest BCUT2D eigenvalue weighted by Crippen LogP contribution is -2.53. The lowest BCUT2D eigenvalue weighted by molar-refractivity contribution is -0.150. The molecule has 0 radical (unpaired) electrons. The first-order chi connectivity index (χ1) is 7.72. The van der Waals surface area contributed by atoms with Gasteiger partial charge in [0, 0.05) is 26.2 Å². The smallest absolute Gasteiger partial charge is 0.308 e. The number of ether oxygens (including phenoxy) is 1. The molecule has 0 aromatic rings. The van der Waals surface area contributed by atoms with Crippen molar-refractivity contribution in [2.24, 2.45) is 11.8 Å². The van der Waals surface area contributed by atoms with Gasteiger partial charge in [-0.15, -0.1) is 0 Å². The predicted octanol–water partition coefficient (Wildman–Crippen LogP) is -0.383. The van der Waals surface area contributed by atoms with Crippen LogP contribution < -0.4 is 5.32 Å². The lowest BCUT2D eigenvalue weighted by atomic mass is 9.94. The van der Waals surface area contributed by atoms with E-state index in [1.807, 2.05) is 4.90 Å². The van der Waals surface area contributed by atoms with Crippen molar-refractivity contribution in [3.05, 3.63) is 0 Å². The van der Waals surface area contributed by atoms with Gasteiger partial charge in [0.15, 0.2) is 0 Å². The van der Waals surface area contributed by atoms with Crippen LogP contribution in [0.4, 0.5) is 0 Å². The number of methoxy groups -OCH3 is 1. The maximum atomic E-state index is 11.9. The highest BCUT2D eigenvalue weighted by Gasteiger charge is 2.33. The number of esters is 1. The number of piperidine rings is 1. The maximum absolute atomic E-state index is 11.9. The fourth-order valence-corrected chi connectivity index (χ4v) is 2.22. The lowest BCUT2D eigenvalue weighted by Gasteiger charge is -2.36. The van der Waals surface area contributed by atoms with Crippen molar-refractivity contribution in [3.63, 3.8) is 0 Å². The van der Waals surface area contributed by atoms with Crippen LogP contribution in [-0.4, -0.2) is 50.1 Å². The predicted molar refractivity (Wildman–Crippen MR) is 57.7 cm³/mol. The minimum absolute atomic E-state index is 0.0198. The minimum Gasteiger partial charge on any atom is -0.469 e. The van der Waals surface area contributed by atoms with Crippen LogP contribution in [0.15, 0.2) is 0 Å². The minimum atomic E-state index is -0.141. The molecule has 0 aliphatic carbocycles. The Kier molecular flexibility index (Phi) is 3.43. The Morgan fingerprint density at radius 2 is 1.81 bits per heavy atom. The summed E-state index contributed by atoms with van der Waals surface area (Å²) in [6.45, 7) is 2.98. The number of carbonyl (C=O) groups is 2. The zero-order valence-corrected chi connectivity index (χ0v) is 9.57. The van der Waals surface area contributed by atoms with Crippen molar-refractivity contribution in [3.8, 4) is 0 Å². The van der Waals surface area contributed by atoms with E-state index >= 15 is 0 Å². The van der Waals surface area contributed by atoms with Crippen molar-refractivity contribution in [1.82, 2.24) is 10.2 Å². The molecular formula is C11H18N2O3. The Morgan fingerprint density at radius 1 is 1.19 bits per heavy atom. The molecule has 0 atom stereocenters. The molecule has 5 heteroatoms.